The van der Waals surface area contributed by atoms with Gasteiger partial charge < -0.3 is 9.47 Å². The second-order valence-corrected chi connectivity index (χ2v) is 2.83. The average molecular weight is 329 g/mol. The maximum atomic E-state index is 7.50. The zero-order chi connectivity index (χ0) is 14.8. The first-order valence-electron chi connectivity index (χ1n) is 4.58. The van der Waals surface area contributed by atoms with Crippen LogP contribution >= 0.6 is 11.6 Å². The fourth-order valence-corrected chi connectivity index (χ4v) is 1.35. The van der Waals surface area contributed by atoms with Gasteiger partial charge in [0, 0.05) is 17.1 Å². The van der Waals surface area contributed by atoms with Crippen LogP contribution in [0.3, 0.4) is 0 Å². The topological polar surface area (TPSA) is 78.2 Å². The number of ether oxygens (including phenoxy) is 2. The van der Waals surface area contributed by atoms with Crippen LogP contribution in [0.2, 0.25) is 0 Å². The van der Waals surface area contributed by atoms with Gasteiger partial charge in [-0.15, -0.1) is 11.6 Å². The van der Waals surface area contributed by atoms with Gasteiger partial charge in [-0.2, -0.15) is 0 Å². The predicted octanol–water partition coefficient (Wildman–Crippen LogP) is 1.64. The van der Waals surface area contributed by atoms with E-state index in [-0.39, 0.29) is 29.3 Å². The fourth-order valence-electron chi connectivity index (χ4n) is 1.09. The third-order valence-corrected chi connectivity index (χ3v) is 1.99. The molecule has 1 heterocycles. The SMILES string of the molecule is C=C/C=C/[C@H]1OCCO[C@@H]1CCl.[C-]#[O+].[C-]#[O+].[C-]#[O+].[Fe]. The Bertz CT molecular complexity index is 261. The normalized spacial score (nSPS) is 19.7. The number of halogens is 1. The minimum Gasteiger partial charge on any atom is 0 e. The van der Waals surface area contributed by atoms with Gasteiger partial charge in [0.1, 0.15) is 12.2 Å². The molecule has 1 saturated heterocycles. The van der Waals surface area contributed by atoms with Gasteiger partial charge in [0.25, 0.3) is 0 Å². The number of allylic oxidation sites excluding steroid dienone is 2. The third-order valence-electron chi connectivity index (χ3n) is 1.68. The Morgan fingerprint density at radius 3 is 2.00 bits per heavy atom. The van der Waals surface area contributed by atoms with Crippen LogP contribution in [0.4, 0.5) is 0 Å². The first kappa shape index (κ1) is 26.9. The van der Waals surface area contributed by atoms with Crippen molar-refractivity contribution in [2.24, 2.45) is 0 Å². The Kier molecular flexibility index (Phi) is 36.9. The fraction of sp³-hybridized carbons (Fsp3) is 0.417. The summed E-state index contributed by atoms with van der Waals surface area (Å²) in [6, 6.07) is 0. The molecule has 0 amide bonds. The molecular formula is C12H13ClFeO5. The van der Waals surface area contributed by atoms with Crippen LogP contribution in [-0.2, 0) is 40.5 Å². The van der Waals surface area contributed by atoms with E-state index < -0.39 is 0 Å². The van der Waals surface area contributed by atoms with Gasteiger partial charge in [0.15, 0.2) is 0 Å². The van der Waals surface area contributed by atoms with Crippen molar-refractivity contribution >= 4 is 11.6 Å². The van der Waals surface area contributed by atoms with Crippen LogP contribution in [0.5, 0.6) is 0 Å². The summed E-state index contributed by atoms with van der Waals surface area (Å²) in [7, 11) is 0. The predicted molar refractivity (Wildman–Crippen MR) is 61.3 cm³/mol. The molecule has 0 aromatic heterocycles. The Morgan fingerprint density at radius 2 is 1.58 bits per heavy atom. The van der Waals surface area contributed by atoms with E-state index >= 15 is 0 Å². The van der Waals surface area contributed by atoms with Crippen molar-refractivity contribution < 1.29 is 40.5 Å². The molecule has 0 N–H and O–H groups in total. The second kappa shape index (κ2) is 26.1. The van der Waals surface area contributed by atoms with E-state index in [1.165, 1.54) is 0 Å². The molecule has 1 fully saturated rings. The Balaban J connectivity index is -0.000000142. The molecule has 0 radical (unpaired) electrons. The summed E-state index contributed by atoms with van der Waals surface area (Å²) in [6.07, 6.45) is 5.44. The molecule has 1 aliphatic heterocycles. The molecule has 0 spiro atoms. The van der Waals surface area contributed by atoms with Gasteiger partial charge >= 0.3 is 33.9 Å². The largest absolute Gasteiger partial charge is 0 e. The second-order valence-electron chi connectivity index (χ2n) is 2.52. The Labute approximate surface area is 128 Å². The smallest absolute Gasteiger partial charge is 0 e. The molecule has 0 aromatic rings. The van der Waals surface area contributed by atoms with Crippen LogP contribution < -0.4 is 0 Å². The van der Waals surface area contributed by atoms with E-state index in [1.807, 2.05) is 12.2 Å². The average Bonchev–Trinajstić information content (AvgIpc) is 2.51. The minimum atomic E-state index is -0.0192. The Hall–Kier alpha value is -0.571. The molecule has 1 aliphatic rings. The van der Waals surface area contributed by atoms with Crippen molar-refractivity contribution in [2.45, 2.75) is 12.2 Å². The van der Waals surface area contributed by atoms with E-state index in [0.29, 0.717) is 19.1 Å². The van der Waals surface area contributed by atoms with Crippen molar-refractivity contribution in [3.8, 4) is 0 Å². The van der Waals surface area contributed by atoms with Crippen LogP contribution in [0.15, 0.2) is 24.8 Å². The zero-order valence-electron chi connectivity index (χ0n) is 9.99. The van der Waals surface area contributed by atoms with Gasteiger partial charge in [-0.1, -0.05) is 24.8 Å². The number of hydrogen-bond donors (Lipinski definition) is 0. The molecule has 0 bridgehead atoms. The van der Waals surface area contributed by atoms with E-state index in [1.54, 1.807) is 6.08 Å². The summed E-state index contributed by atoms with van der Waals surface area (Å²) in [6.45, 7) is 18.4. The summed E-state index contributed by atoms with van der Waals surface area (Å²) in [5.74, 6) is 0.464. The monoisotopic (exact) mass is 328 g/mol. The van der Waals surface area contributed by atoms with E-state index in [2.05, 4.69) is 26.5 Å². The Morgan fingerprint density at radius 1 is 1.11 bits per heavy atom. The van der Waals surface area contributed by atoms with Crippen LogP contribution in [0.25, 0.3) is 0 Å². The standard InChI is InChI=1S/C9H13ClO2.3CO.Fe/c1-2-3-4-8-9(7-10)12-6-5-11-8;3*1-2;/h2-4,8-9H,1,5-7H2;;;;/b4-3+;;;;/t8-,9-;;;;/m1..../s1. The summed E-state index contributed by atoms with van der Waals surface area (Å²) >= 11 is 5.69. The van der Waals surface area contributed by atoms with Crippen molar-refractivity contribution in [1.82, 2.24) is 0 Å². The van der Waals surface area contributed by atoms with Crippen LogP contribution in [0, 0.1) is 20.0 Å². The molecule has 1 rings (SSSR count). The molecule has 19 heavy (non-hydrogen) atoms. The number of rotatable bonds is 3. The molecule has 5 nitrogen and oxygen atoms in total. The zero-order valence-corrected chi connectivity index (χ0v) is 11.8. The summed E-state index contributed by atoms with van der Waals surface area (Å²) in [4.78, 5) is 0. The number of alkyl halides is 1. The molecular weight excluding hydrogens is 315 g/mol. The van der Waals surface area contributed by atoms with Gasteiger partial charge in [-0.05, 0) is 0 Å². The summed E-state index contributed by atoms with van der Waals surface area (Å²) in [5, 5.41) is 0. The molecule has 2 atom stereocenters. The van der Waals surface area contributed by atoms with Gasteiger partial charge in [-0.3, -0.25) is 0 Å². The maximum Gasteiger partial charge on any atom is 0 e. The molecule has 0 unspecified atom stereocenters. The van der Waals surface area contributed by atoms with Crippen molar-refractivity contribution in [3.05, 3.63) is 44.8 Å². The van der Waals surface area contributed by atoms with Crippen molar-refractivity contribution in [1.29, 1.82) is 0 Å². The third kappa shape index (κ3) is 15.4. The van der Waals surface area contributed by atoms with Crippen molar-refractivity contribution in [2.75, 3.05) is 19.1 Å². The summed E-state index contributed by atoms with van der Waals surface area (Å²) in [5.41, 5.74) is 0. The molecule has 7 heteroatoms. The molecule has 0 aromatic carbocycles. The van der Waals surface area contributed by atoms with Gasteiger partial charge in [0.05, 0.1) is 19.1 Å². The van der Waals surface area contributed by atoms with Gasteiger partial charge in [0.2, 0.25) is 0 Å². The van der Waals surface area contributed by atoms with Gasteiger partial charge in [-0.25, -0.2) is 0 Å². The first-order chi connectivity index (χ1) is 8.88. The van der Waals surface area contributed by atoms with Crippen LogP contribution in [0.1, 0.15) is 0 Å². The van der Waals surface area contributed by atoms with Crippen LogP contribution in [-0.4, -0.2) is 31.3 Å². The summed E-state index contributed by atoms with van der Waals surface area (Å²) < 4.78 is 33.3. The van der Waals surface area contributed by atoms with E-state index in [0.717, 1.165) is 0 Å². The minimum absolute atomic E-state index is 0. The maximum absolute atomic E-state index is 7.50. The van der Waals surface area contributed by atoms with E-state index in [4.69, 9.17) is 35.0 Å². The molecule has 106 valence electrons. The van der Waals surface area contributed by atoms with Crippen molar-refractivity contribution in [3.63, 3.8) is 0 Å². The number of hydrogen-bond acceptors (Lipinski definition) is 2. The van der Waals surface area contributed by atoms with E-state index in [9.17, 15) is 0 Å². The quantitative estimate of drug-likeness (QED) is 0.259. The first-order valence-corrected chi connectivity index (χ1v) is 5.11. The molecule has 0 saturated carbocycles. The molecule has 0 aliphatic carbocycles.